The molecule has 0 heterocycles. The van der Waals surface area contributed by atoms with E-state index in [0.29, 0.717) is 37.9 Å². The van der Waals surface area contributed by atoms with Gasteiger partial charge in [-0.1, -0.05) is 18.2 Å². The van der Waals surface area contributed by atoms with Crippen molar-refractivity contribution in [1.82, 2.24) is 0 Å². The Morgan fingerprint density at radius 2 is 1.54 bits per heavy atom. The monoisotopic (exact) mass is 398 g/mol. The van der Waals surface area contributed by atoms with Gasteiger partial charge in [-0.15, -0.1) is 0 Å². The zero-order valence-corrected chi connectivity index (χ0v) is 18.3. The molecule has 0 aromatic heterocycles. The minimum atomic E-state index is -0.0270. The van der Waals surface area contributed by atoms with Crippen LogP contribution >= 0.6 is 8.58 Å². The maximum absolute atomic E-state index is 12.9. The zero-order valence-electron chi connectivity index (χ0n) is 18.3. The Morgan fingerprint density at radius 3 is 2.14 bits per heavy atom. The van der Waals surface area contributed by atoms with Crippen molar-refractivity contribution >= 4 is 19.4 Å². The van der Waals surface area contributed by atoms with Crippen molar-refractivity contribution in [2.75, 3.05) is 40.6 Å². The van der Waals surface area contributed by atoms with E-state index in [0.717, 1.165) is 22.0 Å². The summed E-state index contributed by atoms with van der Waals surface area (Å²) in [4.78, 5) is 12.9. The molecule has 0 amide bonds. The second-order valence-corrected chi connectivity index (χ2v) is 7.30. The normalized spacial score (nSPS) is 10.7. The molecule has 0 bridgehead atoms. The van der Waals surface area contributed by atoms with Crippen LogP contribution in [-0.2, 0) is 9.47 Å². The molecule has 0 aliphatic carbocycles. The minimum Gasteiger partial charge on any atom is -1.00 e. The van der Waals surface area contributed by atoms with Crippen LogP contribution in [0.25, 0.3) is 0 Å². The van der Waals surface area contributed by atoms with Crippen LogP contribution in [0.1, 0.15) is 22.9 Å². The molecule has 0 radical (unpaired) electrons. The van der Waals surface area contributed by atoms with Crippen molar-refractivity contribution in [3.63, 3.8) is 0 Å². The molecule has 2 aromatic rings. The van der Waals surface area contributed by atoms with E-state index in [9.17, 15) is 4.79 Å². The van der Waals surface area contributed by atoms with Gasteiger partial charge in [-0.3, -0.25) is 4.79 Å². The van der Waals surface area contributed by atoms with Crippen molar-refractivity contribution in [3.05, 3.63) is 53.1 Å². The van der Waals surface area contributed by atoms with Crippen LogP contribution in [0.5, 0.6) is 11.5 Å². The maximum Gasteiger partial charge on any atom is 1.00 e. The molecule has 0 saturated carbocycles. The Labute approximate surface area is 182 Å². The number of hydrogen-bond donors (Lipinski definition) is 0. The average molecular weight is 398 g/mol. The van der Waals surface area contributed by atoms with Crippen LogP contribution in [0.2, 0.25) is 0 Å². The molecule has 0 aliphatic rings. The number of methoxy groups -OCH3 is 2. The summed E-state index contributed by atoms with van der Waals surface area (Å²) < 4.78 is 21.6. The van der Waals surface area contributed by atoms with E-state index in [2.05, 4.69) is 0 Å². The fourth-order valence-corrected chi connectivity index (χ4v) is 3.85. The molecular formula is C21H28LiO5P. The molecule has 2 aromatic carbocycles. The number of hydrogen-bond acceptors (Lipinski definition) is 5. The van der Waals surface area contributed by atoms with Gasteiger partial charge in [-0.2, -0.15) is 0 Å². The van der Waals surface area contributed by atoms with Gasteiger partial charge < -0.3 is 20.4 Å². The number of benzene rings is 2. The molecule has 28 heavy (non-hydrogen) atoms. The predicted molar refractivity (Wildman–Crippen MR) is 110 cm³/mol. The van der Waals surface area contributed by atoms with Crippen LogP contribution in [0.4, 0.5) is 0 Å². The summed E-state index contributed by atoms with van der Waals surface area (Å²) in [7, 11) is 3.23. The summed E-state index contributed by atoms with van der Waals surface area (Å²) in [6.07, 6.45) is 0. The van der Waals surface area contributed by atoms with Gasteiger partial charge in [0, 0.05) is 31.2 Å². The van der Waals surface area contributed by atoms with Gasteiger partial charge in [0.15, 0.2) is 5.52 Å². The zero-order chi connectivity index (χ0) is 19.6. The first-order valence-electron chi connectivity index (χ1n) is 8.82. The summed E-state index contributed by atoms with van der Waals surface area (Å²) in [5, 5.41) is 0.859. The fourth-order valence-electron chi connectivity index (χ4n) is 2.65. The average Bonchev–Trinajstić information content (AvgIpc) is 2.64. The number of carbonyl (C=O) groups excluding carboxylic acids is 1. The van der Waals surface area contributed by atoms with Gasteiger partial charge >= 0.3 is 18.9 Å². The van der Waals surface area contributed by atoms with Gasteiger partial charge in [0.1, 0.15) is 24.7 Å². The molecule has 0 fully saturated rings. The smallest absolute Gasteiger partial charge is 1.00 e. The summed E-state index contributed by atoms with van der Waals surface area (Å²) in [5.74, 6) is 1.34. The molecule has 7 heteroatoms. The van der Waals surface area contributed by atoms with E-state index >= 15 is 0 Å². The second kappa shape index (κ2) is 13.0. The SMILES string of the molecule is COCCOc1ccc(PC(=O)c2c(C)cccc2C)c(OCCOC)c1.[H-].[Li+]. The molecule has 0 N–H and O–H groups in total. The van der Waals surface area contributed by atoms with Crippen molar-refractivity contribution < 1.29 is 44.0 Å². The van der Waals surface area contributed by atoms with Crippen LogP contribution < -0.4 is 33.6 Å². The van der Waals surface area contributed by atoms with Crippen LogP contribution in [0.15, 0.2) is 36.4 Å². The van der Waals surface area contributed by atoms with E-state index in [1.165, 1.54) is 0 Å². The standard InChI is InChI=1S/C21H27O5P.Li.H/c1-15-6-5-7-16(2)20(15)21(22)27-19-9-8-17(25-12-10-23-3)14-18(19)26-13-11-24-4;;/h5-9,14,27H,10-13H2,1-4H3;;/q;+1;-1. The third kappa shape index (κ3) is 7.24. The van der Waals surface area contributed by atoms with E-state index in [-0.39, 0.29) is 34.4 Å². The first kappa shape index (κ1) is 24.7. The quantitative estimate of drug-likeness (QED) is 0.316. The summed E-state index contributed by atoms with van der Waals surface area (Å²) in [6.45, 7) is 5.78. The van der Waals surface area contributed by atoms with Gasteiger partial charge in [0.05, 0.1) is 13.2 Å². The Morgan fingerprint density at radius 1 is 0.929 bits per heavy atom. The first-order valence-corrected chi connectivity index (χ1v) is 9.82. The van der Waals surface area contributed by atoms with Crippen molar-refractivity contribution in [2.45, 2.75) is 13.8 Å². The maximum atomic E-state index is 12.9. The number of rotatable bonds is 11. The fraction of sp³-hybridized carbons (Fsp3) is 0.381. The van der Waals surface area contributed by atoms with Gasteiger partial charge in [-0.25, -0.2) is 0 Å². The summed E-state index contributed by atoms with van der Waals surface area (Å²) in [6, 6.07) is 11.5. The van der Waals surface area contributed by atoms with E-state index in [4.69, 9.17) is 18.9 Å². The Balaban J connectivity index is 0.00000392. The van der Waals surface area contributed by atoms with Crippen LogP contribution in [0.3, 0.4) is 0 Å². The van der Waals surface area contributed by atoms with Crippen molar-refractivity contribution in [2.24, 2.45) is 0 Å². The third-order valence-corrected chi connectivity index (χ3v) is 5.17. The molecule has 1 unspecified atom stereocenters. The van der Waals surface area contributed by atoms with Crippen molar-refractivity contribution in [1.29, 1.82) is 0 Å². The van der Waals surface area contributed by atoms with Crippen molar-refractivity contribution in [3.8, 4) is 11.5 Å². The molecule has 0 spiro atoms. The Bertz CT molecular complexity index is 752. The summed E-state index contributed by atoms with van der Waals surface area (Å²) in [5.41, 5.74) is 2.89. The molecule has 5 nitrogen and oxygen atoms in total. The Kier molecular flexibility index (Phi) is 11.5. The van der Waals surface area contributed by atoms with Gasteiger partial charge in [0.25, 0.3) is 0 Å². The van der Waals surface area contributed by atoms with Gasteiger partial charge in [0.2, 0.25) is 0 Å². The number of carbonyl (C=O) groups is 1. The van der Waals surface area contributed by atoms with E-state index in [1.807, 2.05) is 50.2 Å². The Hall–Kier alpha value is -1.34. The topological polar surface area (TPSA) is 54.0 Å². The molecular weight excluding hydrogens is 370 g/mol. The van der Waals surface area contributed by atoms with E-state index < -0.39 is 0 Å². The predicted octanol–water partition coefficient (Wildman–Crippen LogP) is 0.615. The molecule has 1 atom stereocenters. The third-order valence-electron chi connectivity index (χ3n) is 4.01. The molecule has 2 rings (SSSR count). The number of ether oxygens (including phenoxy) is 4. The molecule has 0 aliphatic heterocycles. The second-order valence-electron chi connectivity index (χ2n) is 6.06. The number of aryl methyl sites for hydroxylation is 2. The van der Waals surface area contributed by atoms with Crippen LogP contribution in [-0.4, -0.2) is 46.2 Å². The first-order chi connectivity index (χ1) is 13.1. The molecule has 0 saturated heterocycles. The largest absolute Gasteiger partial charge is 1.00 e. The van der Waals surface area contributed by atoms with Crippen LogP contribution in [0, 0.1) is 13.8 Å². The molecule has 148 valence electrons. The van der Waals surface area contributed by atoms with E-state index in [1.54, 1.807) is 14.2 Å². The minimum absolute atomic E-state index is 0. The summed E-state index contributed by atoms with van der Waals surface area (Å²) >= 11 is 0. The van der Waals surface area contributed by atoms with Gasteiger partial charge in [-0.05, 0) is 45.7 Å².